The van der Waals surface area contributed by atoms with E-state index in [-0.39, 0.29) is 9.96 Å². The summed E-state index contributed by atoms with van der Waals surface area (Å²) in [7, 11) is -3.51. The van der Waals surface area contributed by atoms with Gasteiger partial charge in [-0.3, -0.25) is 4.98 Å². The molecule has 8 heteroatoms. The Labute approximate surface area is 155 Å². The van der Waals surface area contributed by atoms with Crippen LogP contribution in [0, 0.1) is 6.92 Å². The second-order valence-corrected chi connectivity index (χ2v) is 9.01. The molecule has 0 saturated carbocycles. The fraction of sp³-hybridized carbons (Fsp3) is 0.176. The van der Waals surface area contributed by atoms with Gasteiger partial charge in [-0.05, 0) is 30.7 Å². The van der Waals surface area contributed by atoms with E-state index in [9.17, 15) is 8.42 Å². The molecule has 0 fully saturated rings. The van der Waals surface area contributed by atoms with Crippen LogP contribution in [0.25, 0.3) is 0 Å². The number of hydrogen-bond acceptors (Lipinski definition) is 6. The highest BCUT2D eigenvalue weighted by Gasteiger charge is 2.23. The maximum atomic E-state index is 12.7. The summed E-state index contributed by atoms with van der Waals surface area (Å²) in [5.41, 5.74) is 1.93. The molecule has 0 aliphatic rings. The molecule has 3 aromatic rings. The topological polar surface area (TPSA) is 72.0 Å². The quantitative estimate of drug-likeness (QED) is 0.683. The summed E-state index contributed by atoms with van der Waals surface area (Å²) in [6, 6.07) is 12.6. The minimum atomic E-state index is -3.51. The van der Waals surface area contributed by atoms with Crippen LogP contribution >= 0.6 is 22.9 Å². The lowest BCUT2D eigenvalue weighted by Gasteiger charge is -2.04. The van der Waals surface area contributed by atoms with Gasteiger partial charge in [0.05, 0.1) is 23.7 Å². The van der Waals surface area contributed by atoms with Crippen LogP contribution in [-0.4, -0.2) is 18.4 Å². The zero-order chi connectivity index (χ0) is 17.9. The van der Waals surface area contributed by atoms with Crippen molar-refractivity contribution in [1.82, 2.24) is 9.97 Å². The molecule has 5 nitrogen and oxygen atoms in total. The van der Waals surface area contributed by atoms with Crippen molar-refractivity contribution in [3.05, 3.63) is 70.6 Å². The smallest absolute Gasteiger partial charge is 0.193 e. The monoisotopic (exact) mass is 393 g/mol. The van der Waals surface area contributed by atoms with Crippen LogP contribution in [0.5, 0.6) is 0 Å². The molecule has 0 aliphatic carbocycles. The SMILES string of the molecule is Cc1nc(NCc2ccccn2)sc1S(=O)(=O)Cc1ccccc1Cl. The third-order valence-corrected chi connectivity index (χ3v) is 7.33. The first-order valence-corrected chi connectivity index (χ1v) is 10.4. The summed E-state index contributed by atoms with van der Waals surface area (Å²) in [6.45, 7) is 2.18. The van der Waals surface area contributed by atoms with Gasteiger partial charge in [0.2, 0.25) is 0 Å². The van der Waals surface area contributed by atoms with Crippen LogP contribution in [0.3, 0.4) is 0 Å². The number of halogens is 1. The lowest BCUT2D eigenvalue weighted by atomic mass is 10.2. The zero-order valence-electron chi connectivity index (χ0n) is 13.4. The van der Waals surface area contributed by atoms with Crippen molar-refractivity contribution in [2.45, 2.75) is 23.4 Å². The molecule has 130 valence electrons. The van der Waals surface area contributed by atoms with E-state index < -0.39 is 9.84 Å². The highest BCUT2D eigenvalue weighted by Crippen LogP contribution is 2.31. The Hall–Kier alpha value is -1.96. The molecule has 0 unspecified atom stereocenters. The molecule has 2 heterocycles. The number of benzene rings is 1. The largest absolute Gasteiger partial charge is 0.356 e. The molecule has 0 bridgehead atoms. The van der Waals surface area contributed by atoms with Crippen molar-refractivity contribution in [1.29, 1.82) is 0 Å². The number of hydrogen-bond donors (Lipinski definition) is 1. The number of rotatable bonds is 6. The molecule has 1 aromatic carbocycles. The number of nitrogens with zero attached hydrogens (tertiary/aromatic N) is 2. The van der Waals surface area contributed by atoms with E-state index in [4.69, 9.17) is 11.6 Å². The van der Waals surface area contributed by atoms with Gasteiger partial charge in [0, 0.05) is 11.2 Å². The van der Waals surface area contributed by atoms with Crippen molar-refractivity contribution in [2.75, 3.05) is 5.32 Å². The lowest BCUT2D eigenvalue weighted by Crippen LogP contribution is -2.05. The van der Waals surface area contributed by atoms with Gasteiger partial charge >= 0.3 is 0 Å². The maximum absolute atomic E-state index is 12.7. The first kappa shape index (κ1) is 17.8. The molecule has 0 atom stereocenters. The molecule has 0 saturated heterocycles. The third kappa shape index (κ3) is 4.36. The van der Waals surface area contributed by atoms with Gasteiger partial charge in [-0.1, -0.05) is 47.2 Å². The molecule has 2 aromatic heterocycles. The number of aryl methyl sites for hydroxylation is 1. The second kappa shape index (κ2) is 7.51. The van der Waals surface area contributed by atoms with E-state index in [2.05, 4.69) is 15.3 Å². The Morgan fingerprint density at radius 2 is 1.92 bits per heavy atom. The van der Waals surface area contributed by atoms with Crippen molar-refractivity contribution >= 4 is 37.9 Å². The number of thiazole rings is 1. The Morgan fingerprint density at radius 3 is 2.64 bits per heavy atom. The number of sulfone groups is 1. The van der Waals surface area contributed by atoms with Crippen LogP contribution in [0.4, 0.5) is 5.13 Å². The first-order valence-electron chi connectivity index (χ1n) is 7.53. The minimum Gasteiger partial charge on any atom is -0.356 e. The maximum Gasteiger partial charge on any atom is 0.193 e. The highest BCUT2D eigenvalue weighted by atomic mass is 35.5. The zero-order valence-corrected chi connectivity index (χ0v) is 15.8. The summed E-state index contributed by atoms with van der Waals surface area (Å²) in [5, 5.41) is 4.13. The molecule has 25 heavy (non-hydrogen) atoms. The lowest BCUT2D eigenvalue weighted by molar-refractivity contribution is 0.596. The molecule has 3 rings (SSSR count). The molecular weight excluding hydrogens is 378 g/mol. The highest BCUT2D eigenvalue weighted by molar-refractivity contribution is 7.92. The fourth-order valence-corrected chi connectivity index (χ4v) is 5.49. The number of aromatic nitrogens is 2. The summed E-state index contributed by atoms with van der Waals surface area (Å²) in [6.07, 6.45) is 1.71. The number of anilines is 1. The predicted octanol–water partition coefficient (Wildman–Crippen LogP) is 4.09. The van der Waals surface area contributed by atoms with Crippen LogP contribution in [-0.2, 0) is 22.1 Å². The normalized spacial score (nSPS) is 11.4. The Bertz CT molecular complexity index is 973. The van der Waals surface area contributed by atoms with E-state index in [0.717, 1.165) is 17.0 Å². The standard InChI is InChI=1S/C17H16ClN3O2S2/c1-12-16(25(22,23)11-13-6-2-3-8-15(13)18)24-17(21-12)20-10-14-7-4-5-9-19-14/h2-9H,10-11H2,1H3,(H,20,21). The first-order chi connectivity index (χ1) is 12.0. The van der Waals surface area contributed by atoms with Crippen molar-refractivity contribution < 1.29 is 8.42 Å². The van der Waals surface area contributed by atoms with E-state index in [1.807, 2.05) is 18.2 Å². The van der Waals surface area contributed by atoms with E-state index in [1.165, 1.54) is 0 Å². The van der Waals surface area contributed by atoms with Gasteiger partial charge in [0.1, 0.15) is 4.21 Å². The summed E-state index contributed by atoms with van der Waals surface area (Å²) >= 11 is 7.21. The van der Waals surface area contributed by atoms with Gasteiger partial charge in [0.15, 0.2) is 15.0 Å². The van der Waals surface area contributed by atoms with Gasteiger partial charge in [-0.2, -0.15) is 0 Å². The van der Waals surface area contributed by atoms with Crippen LogP contribution < -0.4 is 5.32 Å². The predicted molar refractivity (Wildman–Crippen MR) is 101 cm³/mol. The molecule has 0 amide bonds. The Morgan fingerprint density at radius 1 is 1.16 bits per heavy atom. The fourth-order valence-electron chi connectivity index (χ4n) is 2.30. The number of nitrogens with one attached hydrogen (secondary N) is 1. The van der Waals surface area contributed by atoms with Crippen LogP contribution in [0.15, 0.2) is 52.9 Å². The molecule has 0 spiro atoms. The van der Waals surface area contributed by atoms with Gasteiger partial charge in [-0.15, -0.1) is 0 Å². The minimum absolute atomic E-state index is 0.143. The summed E-state index contributed by atoms with van der Waals surface area (Å²) in [4.78, 5) is 8.54. The Kier molecular flexibility index (Phi) is 5.36. The van der Waals surface area contributed by atoms with Gasteiger partial charge in [-0.25, -0.2) is 13.4 Å². The third-order valence-electron chi connectivity index (χ3n) is 3.49. The summed E-state index contributed by atoms with van der Waals surface area (Å²) < 4.78 is 25.7. The van der Waals surface area contributed by atoms with Crippen molar-refractivity contribution in [3.63, 3.8) is 0 Å². The molecule has 1 N–H and O–H groups in total. The molecule has 0 aliphatic heterocycles. The number of pyridine rings is 1. The average Bonchev–Trinajstić information content (AvgIpc) is 2.98. The molecular formula is C17H16ClN3O2S2. The average molecular weight is 394 g/mol. The van der Waals surface area contributed by atoms with Crippen molar-refractivity contribution in [3.8, 4) is 0 Å². The van der Waals surface area contributed by atoms with E-state index in [0.29, 0.717) is 28.0 Å². The van der Waals surface area contributed by atoms with E-state index in [1.54, 1.807) is 37.4 Å². The Balaban J connectivity index is 1.78. The summed E-state index contributed by atoms with van der Waals surface area (Å²) in [5.74, 6) is -0.143. The molecule has 0 radical (unpaired) electrons. The second-order valence-electron chi connectivity index (χ2n) is 5.42. The van der Waals surface area contributed by atoms with Crippen molar-refractivity contribution in [2.24, 2.45) is 0 Å². The van der Waals surface area contributed by atoms with Crippen LogP contribution in [0.1, 0.15) is 17.0 Å². The van der Waals surface area contributed by atoms with Crippen LogP contribution in [0.2, 0.25) is 5.02 Å². The van der Waals surface area contributed by atoms with Gasteiger partial charge in [0.25, 0.3) is 0 Å². The van der Waals surface area contributed by atoms with Gasteiger partial charge < -0.3 is 5.32 Å². The van der Waals surface area contributed by atoms with E-state index >= 15 is 0 Å².